The van der Waals surface area contributed by atoms with Crippen LogP contribution in [0.3, 0.4) is 0 Å². The Kier molecular flexibility index (Phi) is 8.15. The second kappa shape index (κ2) is 10.8. The van der Waals surface area contributed by atoms with Crippen LogP contribution in [0.25, 0.3) is 0 Å². The number of halogens is 2. The molecule has 1 N–H and O–H groups in total. The van der Waals surface area contributed by atoms with E-state index < -0.39 is 6.10 Å². The van der Waals surface area contributed by atoms with Gasteiger partial charge in [-0.05, 0) is 61.7 Å². The molecule has 1 aromatic heterocycles. The highest BCUT2D eigenvalue weighted by Crippen LogP contribution is 2.26. The number of rotatable bonds is 9. The predicted octanol–water partition coefficient (Wildman–Crippen LogP) is 5.91. The molecule has 0 radical (unpaired) electrons. The molecule has 3 rings (SSSR count). The summed E-state index contributed by atoms with van der Waals surface area (Å²) in [5.41, 5.74) is 1.60. The molecule has 0 saturated carbocycles. The van der Waals surface area contributed by atoms with Crippen molar-refractivity contribution in [2.24, 2.45) is 5.92 Å². The van der Waals surface area contributed by atoms with Crippen LogP contribution in [0.15, 0.2) is 47.6 Å². The smallest absolute Gasteiger partial charge is 0.234 e. The first kappa shape index (κ1) is 24.1. The number of hydrogen-bond acceptors (Lipinski definition) is 5. The van der Waals surface area contributed by atoms with E-state index in [0.29, 0.717) is 39.9 Å². The minimum Gasteiger partial charge on any atom is -0.483 e. The van der Waals surface area contributed by atoms with Gasteiger partial charge in [0, 0.05) is 17.3 Å². The molecule has 0 aliphatic heterocycles. The second-order valence-electron chi connectivity index (χ2n) is 7.86. The number of aryl methyl sites for hydroxylation is 1. The summed E-state index contributed by atoms with van der Waals surface area (Å²) >= 11 is 7.44. The molecule has 0 aliphatic carbocycles. The minimum atomic E-state index is -0.399. The monoisotopic (exact) mass is 476 g/mol. The van der Waals surface area contributed by atoms with Gasteiger partial charge in [-0.2, -0.15) is 0 Å². The molecule has 6 nitrogen and oxygen atoms in total. The van der Waals surface area contributed by atoms with Crippen molar-refractivity contribution in [1.82, 2.24) is 14.8 Å². The van der Waals surface area contributed by atoms with Gasteiger partial charge in [-0.25, -0.2) is 4.39 Å². The summed E-state index contributed by atoms with van der Waals surface area (Å²) in [7, 11) is 0. The zero-order valence-electron chi connectivity index (χ0n) is 18.4. The fourth-order valence-corrected chi connectivity index (χ4v) is 3.95. The van der Waals surface area contributed by atoms with Gasteiger partial charge in [-0.3, -0.25) is 4.79 Å². The Labute approximate surface area is 196 Å². The van der Waals surface area contributed by atoms with Crippen LogP contribution >= 0.6 is 23.4 Å². The fraction of sp³-hybridized carbons (Fsp3) is 0.348. The summed E-state index contributed by atoms with van der Waals surface area (Å²) in [4.78, 5) is 12.4. The zero-order chi connectivity index (χ0) is 23.3. The number of nitrogens with one attached hydrogen (secondary N) is 1. The van der Waals surface area contributed by atoms with Crippen LogP contribution in [0.2, 0.25) is 5.02 Å². The lowest BCUT2D eigenvalue weighted by molar-refractivity contribution is -0.113. The fourth-order valence-electron chi connectivity index (χ4n) is 3.01. The molecule has 170 valence electrons. The van der Waals surface area contributed by atoms with Crippen molar-refractivity contribution in [3.63, 3.8) is 0 Å². The number of benzene rings is 2. The number of carbonyl (C=O) groups excluding carboxylic acids is 1. The van der Waals surface area contributed by atoms with Crippen LogP contribution in [0.4, 0.5) is 10.1 Å². The number of aromatic nitrogens is 3. The zero-order valence-corrected chi connectivity index (χ0v) is 20.0. The van der Waals surface area contributed by atoms with Crippen molar-refractivity contribution in [2.45, 2.75) is 45.5 Å². The minimum absolute atomic E-state index is 0.161. The van der Waals surface area contributed by atoms with Crippen molar-refractivity contribution >= 4 is 35.0 Å². The molecule has 0 saturated heterocycles. The first-order valence-corrected chi connectivity index (χ1v) is 11.6. The molecule has 1 unspecified atom stereocenters. The Morgan fingerprint density at radius 1 is 1.19 bits per heavy atom. The highest BCUT2D eigenvalue weighted by atomic mass is 35.5. The third kappa shape index (κ3) is 6.46. The maximum Gasteiger partial charge on any atom is 0.234 e. The first-order chi connectivity index (χ1) is 15.2. The lowest BCUT2D eigenvalue weighted by atomic mass is 10.2. The van der Waals surface area contributed by atoms with E-state index in [1.807, 2.05) is 30.5 Å². The summed E-state index contributed by atoms with van der Waals surface area (Å²) in [6.07, 6.45) is -0.399. The van der Waals surface area contributed by atoms with Crippen LogP contribution in [0, 0.1) is 18.7 Å². The quantitative estimate of drug-likeness (QED) is 0.389. The van der Waals surface area contributed by atoms with Crippen molar-refractivity contribution in [1.29, 1.82) is 0 Å². The summed E-state index contributed by atoms with van der Waals surface area (Å²) in [5, 5.41) is 12.7. The maximum absolute atomic E-state index is 13.2. The van der Waals surface area contributed by atoms with E-state index in [9.17, 15) is 9.18 Å². The van der Waals surface area contributed by atoms with Crippen molar-refractivity contribution in [3.8, 4) is 5.75 Å². The normalized spacial score (nSPS) is 12.1. The Hall–Kier alpha value is -2.58. The first-order valence-electron chi connectivity index (χ1n) is 10.3. The van der Waals surface area contributed by atoms with Gasteiger partial charge in [0.15, 0.2) is 17.1 Å². The van der Waals surface area contributed by atoms with E-state index in [-0.39, 0.29) is 17.5 Å². The molecular weight excluding hydrogens is 451 g/mol. The Morgan fingerprint density at radius 2 is 1.91 bits per heavy atom. The van der Waals surface area contributed by atoms with Crippen LogP contribution < -0.4 is 10.1 Å². The molecule has 32 heavy (non-hydrogen) atoms. The van der Waals surface area contributed by atoms with Gasteiger partial charge in [0.1, 0.15) is 11.6 Å². The lowest BCUT2D eigenvalue weighted by Gasteiger charge is -2.17. The largest absolute Gasteiger partial charge is 0.483 e. The van der Waals surface area contributed by atoms with Crippen LogP contribution in [0.1, 0.15) is 38.3 Å². The molecule has 3 aromatic rings. The van der Waals surface area contributed by atoms with E-state index in [0.717, 1.165) is 5.56 Å². The van der Waals surface area contributed by atoms with E-state index >= 15 is 0 Å². The molecule has 1 atom stereocenters. The molecule has 9 heteroatoms. The number of amides is 1. The third-order valence-electron chi connectivity index (χ3n) is 4.57. The van der Waals surface area contributed by atoms with E-state index in [2.05, 4.69) is 29.4 Å². The lowest BCUT2D eigenvalue weighted by Crippen LogP contribution is -2.17. The number of nitrogens with zero attached hydrogens (tertiary/aromatic N) is 3. The highest BCUT2D eigenvalue weighted by molar-refractivity contribution is 7.99. The molecule has 0 bridgehead atoms. The molecule has 0 aliphatic rings. The SMILES string of the molecule is Cc1ccc(NC(=O)CSc2nnc(C(C)Oc3ccc(F)cc3)n2CC(C)C)cc1Cl. The van der Waals surface area contributed by atoms with Gasteiger partial charge in [0.05, 0.1) is 5.75 Å². The van der Waals surface area contributed by atoms with E-state index in [4.69, 9.17) is 16.3 Å². The number of thioether (sulfide) groups is 1. The second-order valence-corrected chi connectivity index (χ2v) is 9.21. The molecular formula is C23H26ClFN4O2S. The molecule has 0 spiro atoms. The summed E-state index contributed by atoms with van der Waals surface area (Å²) < 4.78 is 21.1. The molecule has 2 aromatic carbocycles. The van der Waals surface area contributed by atoms with Gasteiger partial charge in [-0.1, -0.05) is 43.3 Å². The molecule has 1 heterocycles. The molecule has 0 fully saturated rings. The number of hydrogen-bond donors (Lipinski definition) is 1. The Balaban J connectivity index is 1.69. The topological polar surface area (TPSA) is 69.0 Å². The number of ether oxygens (including phenoxy) is 1. The number of anilines is 1. The van der Waals surface area contributed by atoms with Crippen LogP contribution in [0.5, 0.6) is 5.75 Å². The molecule has 1 amide bonds. The highest BCUT2D eigenvalue weighted by Gasteiger charge is 2.21. The average molecular weight is 477 g/mol. The average Bonchev–Trinajstić information content (AvgIpc) is 3.13. The van der Waals surface area contributed by atoms with Crippen molar-refractivity contribution in [3.05, 3.63) is 64.7 Å². The number of carbonyl (C=O) groups is 1. The summed E-state index contributed by atoms with van der Waals surface area (Å²) in [6, 6.07) is 11.3. The van der Waals surface area contributed by atoms with Gasteiger partial charge < -0.3 is 14.6 Å². The van der Waals surface area contributed by atoms with Gasteiger partial charge >= 0.3 is 0 Å². The van der Waals surface area contributed by atoms with Gasteiger partial charge in [-0.15, -0.1) is 10.2 Å². The Bertz CT molecular complexity index is 1070. The standard InChI is InChI=1S/C23H26ClFN4O2S/c1-14(2)12-29-22(16(4)31-19-9-6-17(25)7-10-19)27-28-23(29)32-13-21(30)26-18-8-5-15(3)20(24)11-18/h5-11,14,16H,12-13H2,1-4H3,(H,26,30). The van der Waals surface area contributed by atoms with Crippen LogP contribution in [-0.2, 0) is 11.3 Å². The van der Waals surface area contributed by atoms with E-state index in [1.165, 1.54) is 23.9 Å². The predicted molar refractivity (Wildman–Crippen MR) is 126 cm³/mol. The van der Waals surface area contributed by atoms with Crippen molar-refractivity contribution in [2.75, 3.05) is 11.1 Å². The summed E-state index contributed by atoms with van der Waals surface area (Å²) in [5.74, 6) is 1.23. The van der Waals surface area contributed by atoms with Crippen molar-refractivity contribution < 1.29 is 13.9 Å². The summed E-state index contributed by atoms with van der Waals surface area (Å²) in [6.45, 7) is 8.64. The Morgan fingerprint density at radius 3 is 2.56 bits per heavy atom. The third-order valence-corrected chi connectivity index (χ3v) is 5.95. The van der Waals surface area contributed by atoms with Crippen LogP contribution in [-0.4, -0.2) is 26.4 Å². The maximum atomic E-state index is 13.2. The van der Waals surface area contributed by atoms with Gasteiger partial charge in [0.2, 0.25) is 5.91 Å². The van der Waals surface area contributed by atoms with E-state index in [1.54, 1.807) is 18.2 Å². The van der Waals surface area contributed by atoms with Gasteiger partial charge in [0.25, 0.3) is 0 Å².